The van der Waals surface area contributed by atoms with Gasteiger partial charge in [-0.15, -0.1) is 0 Å². The van der Waals surface area contributed by atoms with Crippen LogP contribution in [0.25, 0.3) is 0 Å². The van der Waals surface area contributed by atoms with Gasteiger partial charge in [-0.05, 0) is 17.7 Å². The number of halogens is 1. The van der Waals surface area contributed by atoms with E-state index in [1.54, 1.807) is 0 Å². The van der Waals surface area contributed by atoms with Crippen molar-refractivity contribution < 1.29 is 17.6 Å². The van der Waals surface area contributed by atoms with E-state index in [0.29, 0.717) is 12.0 Å². The highest BCUT2D eigenvalue weighted by molar-refractivity contribution is 7.90. The highest BCUT2D eigenvalue weighted by Crippen LogP contribution is 2.15. The molecule has 0 fully saturated rings. The number of hydrogen-bond acceptors (Lipinski definition) is 4. The molecule has 0 spiro atoms. The van der Waals surface area contributed by atoms with Gasteiger partial charge in [0.05, 0.1) is 11.5 Å². The molecule has 15 heavy (non-hydrogen) atoms. The molecule has 0 aliphatic rings. The SMILES string of the molecule is CS(=O)(=O)c1ccc(CCON)c(F)c1. The number of rotatable bonds is 4. The maximum atomic E-state index is 13.3. The first kappa shape index (κ1) is 12.1. The molecule has 2 N–H and O–H groups in total. The summed E-state index contributed by atoms with van der Waals surface area (Å²) in [6.07, 6.45) is 1.34. The molecule has 0 bridgehead atoms. The molecule has 0 aliphatic carbocycles. The molecular formula is C9H12FNO3S. The smallest absolute Gasteiger partial charge is 0.175 e. The van der Waals surface area contributed by atoms with Crippen LogP contribution in [0.15, 0.2) is 23.1 Å². The second kappa shape index (κ2) is 4.69. The van der Waals surface area contributed by atoms with E-state index in [2.05, 4.69) is 4.84 Å². The molecule has 4 nitrogen and oxygen atoms in total. The first-order valence-corrected chi connectivity index (χ1v) is 6.14. The lowest BCUT2D eigenvalue weighted by Gasteiger charge is -2.04. The Kier molecular flexibility index (Phi) is 3.78. The Morgan fingerprint density at radius 3 is 2.60 bits per heavy atom. The maximum Gasteiger partial charge on any atom is 0.175 e. The molecule has 6 heteroatoms. The summed E-state index contributed by atoms with van der Waals surface area (Å²) < 4.78 is 35.5. The third-order valence-corrected chi connectivity index (χ3v) is 3.05. The molecule has 0 aromatic heterocycles. The summed E-state index contributed by atoms with van der Waals surface area (Å²) in [5.74, 6) is 4.25. The van der Waals surface area contributed by atoms with Crippen molar-refractivity contribution in [3.63, 3.8) is 0 Å². The van der Waals surface area contributed by atoms with Crippen molar-refractivity contribution in [1.29, 1.82) is 0 Å². The van der Waals surface area contributed by atoms with Gasteiger partial charge in [-0.1, -0.05) is 6.07 Å². The van der Waals surface area contributed by atoms with Crippen LogP contribution in [0, 0.1) is 5.82 Å². The zero-order valence-electron chi connectivity index (χ0n) is 8.23. The minimum Gasteiger partial charge on any atom is -0.304 e. The van der Waals surface area contributed by atoms with Crippen molar-refractivity contribution in [3.05, 3.63) is 29.6 Å². The lowest BCUT2D eigenvalue weighted by Crippen LogP contribution is -2.06. The van der Waals surface area contributed by atoms with E-state index in [9.17, 15) is 12.8 Å². The first-order chi connectivity index (χ1) is 6.95. The van der Waals surface area contributed by atoms with E-state index in [-0.39, 0.29) is 11.5 Å². The largest absolute Gasteiger partial charge is 0.304 e. The monoisotopic (exact) mass is 233 g/mol. The van der Waals surface area contributed by atoms with Crippen LogP contribution in [0.1, 0.15) is 5.56 Å². The van der Waals surface area contributed by atoms with E-state index in [0.717, 1.165) is 12.3 Å². The van der Waals surface area contributed by atoms with Gasteiger partial charge in [0.15, 0.2) is 9.84 Å². The summed E-state index contributed by atoms with van der Waals surface area (Å²) in [5, 5.41) is 0. The summed E-state index contributed by atoms with van der Waals surface area (Å²) in [4.78, 5) is 4.28. The molecule has 84 valence electrons. The molecule has 0 saturated heterocycles. The Morgan fingerprint density at radius 2 is 2.13 bits per heavy atom. The predicted molar refractivity (Wildman–Crippen MR) is 53.4 cm³/mol. The van der Waals surface area contributed by atoms with Crippen LogP contribution in [0.2, 0.25) is 0 Å². The zero-order chi connectivity index (χ0) is 11.5. The topological polar surface area (TPSA) is 69.4 Å². The van der Waals surface area contributed by atoms with Crippen molar-refractivity contribution in [2.75, 3.05) is 12.9 Å². The van der Waals surface area contributed by atoms with Gasteiger partial charge in [-0.2, -0.15) is 0 Å². The normalized spacial score (nSPS) is 11.7. The van der Waals surface area contributed by atoms with Gasteiger partial charge >= 0.3 is 0 Å². The molecule has 0 unspecified atom stereocenters. The third kappa shape index (κ3) is 3.26. The van der Waals surface area contributed by atoms with Gasteiger partial charge in [0, 0.05) is 12.7 Å². The van der Waals surface area contributed by atoms with Crippen LogP contribution in [0.5, 0.6) is 0 Å². The highest BCUT2D eigenvalue weighted by Gasteiger charge is 2.10. The average Bonchev–Trinajstić information content (AvgIpc) is 2.14. The fraction of sp³-hybridized carbons (Fsp3) is 0.333. The van der Waals surface area contributed by atoms with Gasteiger partial charge in [-0.25, -0.2) is 18.7 Å². The standard InChI is InChI=1S/C9H12FNO3S/c1-15(12,13)8-3-2-7(4-5-14-11)9(10)6-8/h2-3,6H,4-5,11H2,1H3. The molecule has 0 aliphatic heterocycles. The van der Waals surface area contributed by atoms with Crippen molar-refractivity contribution in [1.82, 2.24) is 0 Å². The Morgan fingerprint density at radius 1 is 1.47 bits per heavy atom. The Hall–Kier alpha value is -0.980. The van der Waals surface area contributed by atoms with Gasteiger partial charge in [-0.3, -0.25) is 0 Å². The van der Waals surface area contributed by atoms with Crippen LogP contribution < -0.4 is 5.90 Å². The molecule has 0 saturated carbocycles. The van der Waals surface area contributed by atoms with E-state index < -0.39 is 15.7 Å². The molecule has 1 aromatic rings. The predicted octanol–water partition coefficient (Wildman–Crippen LogP) is 0.662. The second-order valence-corrected chi connectivity index (χ2v) is 5.16. The van der Waals surface area contributed by atoms with Crippen molar-refractivity contribution in [2.24, 2.45) is 5.90 Å². The molecule has 0 atom stereocenters. The number of nitrogens with two attached hydrogens (primary N) is 1. The van der Waals surface area contributed by atoms with E-state index in [1.165, 1.54) is 12.1 Å². The van der Waals surface area contributed by atoms with Crippen LogP contribution in [0.4, 0.5) is 4.39 Å². The molecule has 0 amide bonds. The fourth-order valence-electron chi connectivity index (χ4n) is 1.13. The maximum absolute atomic E-state index is 13.3. The fourth-order valence-corrected chi connectivity index (χ4v) is 1.76. The summed E-state index contributed by atoms with van der Waals surface area (Å²) >= 11 is 0. The lowest BCUT2D eigenvalue weighted by atomic mass is 10.1. The number of benzene rings is 1. The van der Waals surface area contributed by atoms with E-state index in [1.807, 2.05) is 0 Å². The van der Waals surface area contributed by atoms with E-state index in [4.69, 9.17) is 5.90 Å². The molecule has 0 radical (unpaired) electrons. The average molecular weight is 233 g/mol. The van der Waals surface area contributed by atoms with E-state index >= 15 is 0 Å². The van der Waals surface area contributed by atoms with Crippen LogP contribution >= 0.6 is 0 Å². The van der Waals surface area contributed by atoms with Gasteiger partial charge in [0.1, 0.15) is 5.82 Å². The minimum atomic E-state index is -3.36. The van der Waals surface area contributed by atoms with Crippen LogP contribution in [-0.4, -0.2) is 21.3 Å². The highest BCUT2D eigenvalue weighted by atomic mass is 32.2. The number of hydrogen-bond donors (Lipinski definition) is 1. The summed E-state index contributed by atoms with van der Waals surface area (Å²) in [7, 11) is -3.36. The third-order valence-electron chi connectivity index (χ3n) is 1.94. The van der Waals surface area contributed by atoms with Crippen molar-refractivity contribution in [3.8, 4) is 0 Å². The Bertz CT molecular complexity index is 445. The van der Waals surface area contributed by atoms with Crippen LogP contribution in [-0.2, 0) is 21.1 Å². The molecule has 0 heterocycles. The Labute approximate surface area is 87.7 Å². The summed E-state index contributed by atoms with van der Waals surface area (Å²) in [6.45, 7) is 0.190. The molecule has 1 rings (SSSR count). The zero-order valence-corrected chi connectivity index (χ0v) is 9.05. The van der Waals surface area contributed by atoms with Crippen molar-refractivity contribution >= 4 is 9.84 Å². The minimum absolute atomic E-state index is 0.0302. The summed E-state index contributed by atoms with van der Waals surface area (Å²) in [5.41, 5.74) is 0.382. The Balaban J connectivity index is 2.99. The van der Waals surface area contributed by atoms with Crippen LogP contribution in [0.3, 0.4) is 0 Å². The lowest BCUT2D eigenvalue weighted by molar-refractivity contribution is 0.140. The van der Waals surface area contributed by atoms with Gasteiger partial charge < -0.3 is 4.84 Å². The number of sulfone groups is 1. The second-order valence-electron chi connectivity index (χ2n) is 3.15. The summed E-state index contributed by atoms with van der Waals surface area (Å²) in [6, 6.07) is 3.79. The molecular weight excluding hydrogens is 221 g/mol. The van der Waals surface area contributed by atoms with Gasteiger partial charge in [0.2, 0.25) is 0 Å². The first-order valence-electron chi connectivity index (χ1n) is 4.25. The quantitative estimate of drug-likeness (QED) is 0.776. The molecule has 1 aromatic carbocycles. The van der Waals surface area contributed by atoms with Gasteiger partial charge in [0.25, 0.3) is 0 Å². The van der Waals surface area contributed by atoms with Crippen molar-refractivity contribution in [2.45, 2.75) is 11.3 Å².